The zero-order chi connectivity index (χ0) is 17.0. The maximum absolute atomic E-state index is 13.2. The zero-order valence-electron chi connectivity index (χ0n) is 13.4. The Labute approximate surface area is 142 Å². The van der Waals surface area contributed by atoms with Crippen LogP contribution < -0.4 is 10.9 Å². The summed E-state index contributed by atoms with van der Waals surface area (Å²) in [5.74, 6) is 0. The number of hydrogen-bond acceptors (Lipinski definition) is 4. The van der Waals surface area contributed by atoms with Gasteiger partial charge in [-0.1, -0.05) is 30.3 Å². The van der Waals surface area contributed by atoms with Crippen LogP contribution >= 0.6 is 0 Å². The average molecular weight is 329 g/mol. The fourth-order valence-electron chi connectivity index (χ4n) is 3.65. The Morgan fingerprint density at radius 3 is 2.68 bits per heavy atom. The molecule has 2 heterocycles. The Bertz CT molecular complexity index is 1310. The molecule has 5 nitrogen and oxygen atoms in total. The first-order chi connectivity index (χ1) is 12.3. The summed E-state index contributed by atoms with van der Waals surface area (Å²) in [5, 5.41) is 15.8. The first kappa shape index (κ1) is 14.2. The number of para-hydroxylation sites is 2. The van der Waals surface area contributed by atoms with Crippen molar-refractivity contribution in [1.82, 2.24) is 9.38 Å². The van der Waals surface area contributed by atoms with Gasteiger partial charge in [-0.3, -0.25) is 9.20 Å². The third-order valence-electron chi connectivity index (χ3n) is 4.70. The Kier molecular flexibility index (Phi) is 2.93. The molecule has 0 saturated heterocycles. The number of aliphatic hydroxyl groups excluding tert-OH is 1. The van der Waals surface area contributed by atoms with Crippen LogP contribution in [0.25, 0.3) is 38.2 Å². The molecular weight excluding hydrogens is 314 g/mol. The number of imidazole rings is 1. The van der Waals surface area contributed by atoms with Crippen molar-refractivity contribution in [3.05, 3.63) is 65.0 Å². The quantitative estimate of drug-likeness (QED) is 0.534. The molecule has 5 aromatic rings. The zero-order valence-corrected chi connectivity index (χ0v) is 13.4. The first-order valence-corrected chi connectivity index (χ1v) is 8.22. The van der Waals surface area contributed by atoms with E-state index in [9.17, 15) is 4.79 Å². The molecule has 0 aliphatic rings. The van der Waals surface area contributed by atoms with Crippen molar-refractivity contribution in [2.75, 3.05) is 18.5 Å². The summed E-state index contributed by atoms with van der Waals surface area (Å²) in [6.07, 6.45) is 0. The first-order valence-electron chi connectivity index (χ1n) is 8.22. The molecule has 2 N–H and O–H groups in total. The van der Waals surface area contributed by atoms with E-state index in [0.29, 0.717) is 17.6 Å². The maximum Gasteiger partial charge on any atom is 0.264 e. The predicted octanol–water partition coefficient (Wildman–Crippen LogP) is 3.00. The summed E-state index contributed by atoms with van der Waals surface area (Å²) in [6, 6.07) is 17.4. The minimum atomic E-state index is -0.0545. The summed E-state index contributed by atoms with van der Waals surface area (Å²) in [7, 11) is 0. The third-order valence-corrected chi connectivity index (χ3v) is 4.70. The van der Waals surface area contributed by atoms with E-state index in [2.05, 4.69) is 5.32 Å². The highest BCUT2D eigenvalue weighted by Crippen LogP contribution is 2.33. The number of aliphatic hydroxyl groups is 1. The number of fused-ring (bicyclic) bond motifs is 4. The molecule has 122 valence electrons. The lowest BCUT2D eigenvalue weighted by atomic mass is 10.0. The Hall–Kier alpha value is -3.18. The van der Waals surface area contributed by atoms with Crippen LogP contribution in [-0.4, -0.2) is 27.6 Å². The van der Waals surface area contributed by atoms with Gasteiger partial charge in [-0.15, -0.1) is 0 Å². The van der Waals surface area contributed by atoms with Gasteiger partial charge in [0, 0.05) is 33.8 Å². The van der Waals surface area contributed by atoms with E-state index in [1.165, 1.54) is 0 Å². The fraction of sp³-hybridized carbons (Fsp3) is 0.100. The Balaban J connectivity index is 2.02. The van der Waals surface area contributed by atoms with Gasteiger partial charge in [-0.25, -0.2) is 4.98 Å². The van der Waals surface area contributed by atoms with Crippen LogP contribution in [0.1, 0.15) is 0 Å². The highest BCUT2D eigenvalue weighted by molar-refractivity contribution is 6.18. The van der Waals surface area contributed by atoms with Crippen molar-refractivity contribution >= 4 is 43.9 Å². The van der Waals surface area contributed by atoms with Gasteiger partial charge >= 0.3 is 0 Å². The lowest BCUT2D eigenvalue weighted by Gasteiger charge is -2.12. The minimum Gasteiger partial charge on any atom is -0.395 e. The molecule has 3 aromatic carbocycles. The molecule has 0 bridgehead atoms. The molecule has 5 heteroatoms. The van der Waals surface area contributed by atoms with Crippen LogP contribution in [0.15, 0.2) is 59.4 Å². The van der Waals surface area contributed by atoms with Gasteiger partial charge in [0.2, 0.25) is 0 Å². The molecule has 0 aliphatic heterocycles. The van der Waals surface area contributed by atoms with Crippen molar-refractivity contribution in [2.24, 2.45) is 0 Å². The maximum atomic E-state index is 13.2. The molecule has 0 spiro atoms. The van der Waals surface area contributed by atoms with E-state index in [1.54, 1.807) is 4.40 Å². The molecular formula is C20H15N3O2. The molecule has 2 aromatic heterocycles. The molecule has 0 fully saturated rings. The van der Waals surface area contributed by atoms with Gasteiger partial charge < -0.3 is 10.4 Å². The van der Waals surface area contributed by atoms with E-state index in [4.69, 9.17) is 10.1 Å². The lowest BCUT2D eigenvalue weighted by Crippen LogP contribution is -2.14. The standard InChI is InChI=1S/C20H15N3O2/c24-11-10-21-15-9-8-14-18-12(15)4-3-5-13(18)19-22-16-6-1-2-7-17(16)23(19)20(14)25/h1-9,21,24H,10-11H2. The van der Waals surface area contributed by atoms with Crippen molar-refractivity contribution < 1.29 is 5.11 Å². The topological polar surface area (TPSA) is 66.6 Å². The fourth-order valence-corrected chi connectivity index (χ4v) is 3.65. The SMILES string of the molecule is O=c1c2ccc(NCCO)c3cccc(c32)c2nc3ccccc3n12. The average Bonchev–Trinajstić information content (AvgIpc) is 3.04. The van der Waals surface area contributed by atoms with Crippen LogP contribution in [0, 0.1) is 0 Å². The number of aromatic nitrogens is 2. The highest BCUT2D eigenvalue weighted by atomic mass is 16.3. The monoisotopic (exact) mass is 329 g/mol. The van der Waals surface area contributed by atoms with Crippen LogP contribution in [0.5, 0.6) is 0 Å². The summed E-state index contributed by atoms with van der Waals surface area (Å²) < 4.78 is 1.70. The van der Waals surface area contributed by atoms with E-state index >= 15 is 0 Å². The molecule has 5 rings (SSSR count). The second kappa shape index (κ2) is 5.16. The van der Waals surface area contributed by atoms with Gasteiger partial charge in [0.15, 0.2) is 0 Å². The van der Waals surface area contributed by atoms with Gasteiger partial charge in [0.05, 0.1) is 17.6 Å². The van der Waals surface area contributed by atoms with Gasteiger partial charge in [0.25, 0.3) is 5.56 Å². The predicted molar refractivity (Wildman–Crippen MR) is 101 cm³/mol. The molecule has 0 saturated carbocycles. The lowest BCUT2D eigenvalue weighted by molar-refractivity contribution is 0.311. The van der Waals surface area contributed by atoms with Crippen molar-refractivity contribution in [1.29, 1.82) is 0 Å². The van der Waals surface area contributed by atoms with Gasteiger partial charge in [-0.2, -0.15) is 0 Å². The van der Waals surface area contributed by atoms with Gasteiger partial charge in [0.1, 0.15) is 5.65 Å². The van der Waals surface area contributed by atoms with E-state index in [0.717, 1.165) is 32.9 Å². The Morgan fingerprint density at radius 1 is 0.960 bits per heavy atom. The number of rotatable bonds is 3. The van der Waals surface area contributed by atoms with Crippen LogP contribution in [0.4, 0.5) is 5.69 Å². The number of anilines is 1. The number of nitrogens with zero attached hydrogens (tertiary/aromatic N) is 2. The molecule has 0 aliphatic carbocycles. The number of nitrogens with one attached hydrogen (secondary N) is 1. The highest BCUT2D eigenvalue weighted by Gasteiger charge is 2.16. The smallest absolute Gasteiger partial charge is 0.264 e. The third kappa shape index (κ3) is 1.87. The van der Waals surface area contributed by atoms with Crippen molar-refractivity contribution in [3.8, 4) is 0 Å². The number of hydrogen-bond donors (Lipinski definition) is 2. The summed E-state index contributed by atoms with van der Waals surface area (Å²) >= 11 is 0. The van der Waals surface area contributed by atoms with Crippen LogP contribution in [0.2, 0.25) is 0 Å². The number of pyridine rings is 1. The molecule has 25 heavy (non-hydrogen) atoms. The van der Waals surface area contributed by atoms with Crippen molar-refractivity contribution in [2.45, 2.75) is 0 Å². The number of benzene rings is 3. The Morgan fingerprint density at radius 2 is 1.80 bits per heavy atom. The van der Waals surface area contributed by atoms with E-state index < -0.39 is 0 Å². The summed E-state index contributed by atoms with van der Waals surface area (Å²) in [4.78, 5) is 17.9. The van der Waals surface area contributed by atoms with Crippen molar-refractivity contribution in [3.63, 3.8) is 0 Å². The second-order valence-corrected chi connectivity index (χ2v) is 6.10. The van der Waals surface area contributed by atoms with E-state index in [1.807, 2.05) is 54.6 Å². The molecule has 0 radical (unpaired) electrons. The summed E-state index contributed by atoms with van der Waals surface area (Å²) in [6.45, 7) is 0.517. The second-order valence-electron chi connectivity index (χ2n) is 6.10. The van der Waals surface area contributed by atoms with Gasteiger partial charge in [-0.05, 0) is 24.3 Å². The molecule has 0 unspecified atom stereocenters. The minimum absolute atomic E-state index is 0.0532. The summed E-state index contributed by atoms with van der Waals surface area (Å²) in [5.41, 5.74) is 3.18. The normalized spacial score (nSPS) is 11.9. The van der Waals surface area contributed by atoms with Crippen LogP contribution in [0.3, 0.4) is 0 Å². The van der Waals surface area contributed by atoms with Crippen LogP contribution in [-0.2, 0) is 0 Å². The molecule has 0 atom stereocenters. The molecule has 0 amide bonds. The van der Waals surface area contributed by atoms with E-state index in [-0.39, 0.29) is 12.2 Å². The largest absolute Gasteiger partial charge is 0.395 e.